The van der Waals surface area contributed by atoms with Crippen LogP contribution in [0.2, 0.25) is 0 Å². The van der Waals surface area contributed by atoms with Gasteiger partial charge in [0, 0.05) is 96.1 Å². The van der Waals surface area contributed by atoms with Crippen LogP contribution < -0.4 is 15.8 Å². The van der Waals surface area contributed by atoms with Crippen molar-refractivity contribution in [1.29, 1.82) is 0 Å². The van der Waals surface area contributed by atoms with Crippen LogP contribution in [0.1, 0.15) is 0 Å². The van der Waals surface area contributed by atoms with Gasteiger partial charge in [-0.1, -0.05) is 103 Å². The number of aromatic amines is 1. The maximum absolute atomic E-state index is 6.87. The van der Waals surface area contributed by atoms with Gasteiger partial charge in [-0.25, -0.2) is 0 Å². The molecule has 268 valence electrons. The summed E-state index contributed by atoms with van der Waals surface area (Å²) in [7, 11) is 0.792. The maximum Gasteiger partial charge on any atom is 0.198 e. The molecular formula is C52H29BN2OS2. The van der Waals surface area contributed by atoms with Crippen LogP contribution >= 0.6 is 22.7 Å². The Morgan fingerprint density at radius 3 is 2.02 bits per heavy atom. The van der Waals surface area contributed by atoms with Crippen LogP contribution in [-0.2, 0) is 0 Å². The topological polar surface area (TPSA) is 32.2 Å². The minimum absolute atomic E-state index is 0.792. The lowest BCUT2D eigenvalue weighted by atomic mass is 9.57. The van der Waals surface area contributed by atoms with Crippen LogP contribution in [0.3, 0.4) is 0 Å². The minimum Gasteiger partial charge on any atom is -0.456 e. The standard InChI is InChI=1S/C52H29BN2OS2/c1-2-11-29-23-40-36(22-28(29)10-1)33-15-9-16-35(52(33)54-40)50-49-34-14-3-6-17-43(34)56-44(49)27-42-51(50)53-39-26-48-38(32-13-5-8-19-46(32)58-48)25-41(39)55(42)30-20-21-47-37(24-30)31-12-4-7-18-45(31)57-47/h1-27,53-54H. The van der Waals surface area contributed by atoms with Gasteiger partial charge in [0.25, 0.3) is 0 Å². The third kappa shape index (κ3) is 4.23. The first-order valence-electron chi connectivity index (χ1n) is 19.8. The highest BCUT2D eigenvalue weighted by Crippen LogP contribution is 2.48. The number of fused-ring (bicyclic) bond motifs is 15. The lowest BCUT2D eigenvalue weighted by Crippen LogP contribution is -2.41. The maximum atomic E-state index is 6.87. The van der Waals surface area contributed by atoms with E-state index in [9.17, 15) is 0 Å². The van der Waals surface area contributed by atoms with E-state index in [4.69, 9.17) is 4.42 Å². The molecule has 5 heterocycles. The molecule has 3 nitrogen and oxygen atoms in total. The fourth-order valence-electron chi connectivity index (χ4n) is 10.0. The molecule has 1 aliphatic heterocycles. The molecule has 0 amide bonds. The Kier molecular flexibility index (Phi) is 6.13. The van der Waals surface area contributed by atoms with Gasteiger partial charge >= 0.3 is 0 Å². The number of para-hydroxylation sites is 2. The second-order valence-electron chi connectivity index (χ2n) is 15.7. The van der Waals surface area contributed by atoms with E-state index in [1.807, 2.05) is 22.7 Å². The molecule has 6 heteroatoms. The molecule has 0 bridgehead atoms. The Morgan fingerprint density at radius 1 is 0.483 bits per heavy atom. The van der Waals surface area contributed by atoms with Crippen molar-refractivity contribution in [2.75, 3.05) is 4.90 Å². The molecule has 0 saturated carbocycles. The third-order valence-corrected chi connectivity index (χ3v) is 14.9. The smallest absolute Gasteiger partial charge is 0.198 e. The van der Waals surface area contributed by atoms with Crippen LogP contribution in [0, 0.1) is 0 Å². The predicted octanol–water partition coefficient (Wildman–Crippen LogP) is 13.9. The van der Waals surface area contributed by atoms with E-state index < -0.39 is 0 Å². The number of rotatable bonds is 2. The second kappa shape index (κ2) is 11.4. The molecule has 58 heavy (non-hydrogen) atoms. The zero-order valence-corrected chi connectivity index (χ0v) is 32.6. The molecule has 0 atom stereocenters. The molecule has 0 spiro atoms. The van der Waals surface area contributed by atoms with Gasteiger partial charge in [0.1, 0.15) is 11.2 Å². The Bertz CT molecular complexity index is 3920. The van der Waals surface area contributed by atoms with Gasteiger partial charge in [0.05, 0.1) is 5.52 Å². The summed E-state index contributed by atoms with van der Waals surface area (Å²) in [4.78, 5) is 6.47. The van der Waals surface area contributed by atoms with Crippen molar-refractivity contribution in [3.8, 4) is 11.1 Å². The summed E-state index contributed by atoms with van der Waals surface area (Å²) >= 11 is 3.76. The molecule has 1 N–H and O–H groups in total. The van der Waals surface area contributed by atoms with E-state index in [1.165, 1.54) is 89.6 Å². The summed E-state index contributed by atoms with van der Waals surface area (Å²) < 4.78 is 12.1. The Hall–Kier alpha value is -6.86. The number of H-pyrrole nitrogens is 1. The van der Waals surface area contributed by atoms with Crippen LogP contribution in [-0.4, -0.2) is 12.3 Å². The Labute approximate surface area is 340 Å². The fourth-order valence-corrected chi connectivity index (χ4v) is 12.3. The number of thiophene rings is 2. The van der Waals surface area contributed by atoms with Crippen LogP contribution in [0.5, 0.6) is 0 Å². The Morgan fingerprint density at radius 2 is 1.17 bits per heavy atom. The third-order valence-electron chi connectivity index (χ3n) is 12.6. The normalized spacial score (nSPS) is 12.9. The summed E-state index contributed by atoms with van der Waals surface area (Å²) in [6, 6.07) is 60.6. The zero-order valence-electron chi connectivity index (χ0n) is 31.0. The van der Waals surface area contributed by atoms with E-state index >= 15 is 0 Å². The molecule has 0 saturated heterocycles. The number of anilines is 3. The molecule has 9 aromatic carbocycles. The summed E-state index contributed by atoms with van der Waals surface area (Å²) in [5, 5.41) is 12.4. The number of hydrogen-bond donors (Lipinski definition) is 1. The Balaban J connectivity index is 1.12. The fraction of sp³-hybridized carbons (Fsp3) is 0. The van der Waals surface area contributed by atoms with Crippen molar-refractivity contribution in [2.45, 2.75) is 0 Å². The van der Waals surface area contributed by atoms with Crippen LogP contribution in [0.15, 0.2) is 168 Å². The van der Waals surface area contributed by atoms with E-state index in [2.05, 4.69) is 174 Å². The first-order chi connectivity index (χ1) is 28.7. The van der Waals surface area contributed by atoms with E-state index in [1.54, 1.807) is 0 Å². The summed E-state index contributed by atoms with van der Waals surface area (Å²) in [5.41, 5.74) is 12.7. The van der Waals surface area contributed by atoms with Crippen LogP contribution in [0.25, 0.3) is 106 Å². The quantitative estimate of drug-likeness (QED) is 0.178. The van der Waals surface area contributed by atoms with Gasteiger partial charge in [-0.05, 0) is 82.5 Å². The first kappa shape index (κ1) is 31.3. The lowest BCUT2D eigenvalue weighted by Gasteiger charge is -2.35. The largest absolute Gasteiger partial charge is 0.456 e. The minimum atomic E-state index is 0.792. The molecule has 0 fully saturated rings. The molecule has 14 rings (SSSR count). The van der Waals surface area contributed by atoms with E-state index in [-0.39, 0.29) is 0 Å². The van der Waals surface area contributed by atoms with Crippen molar-refractivity contribution in [1.82, 2.24) is 4.98 Å². The van der Waals surface area contributed by atoms with Crippen molar-refractivity contribution < 1.29 is 4.42 Å². The molecule has 4 aromatic heterocycles. The van der Waals surface area contributed by atoms with Gasteiger partial charge in [-0.15, -0.1) is 22.7 Å². The van der Waals surface area contributed by atoms with Crippen LogP contribution in [0.4, 0.5) is 17.1 Å². The molecular weight excluding hydrogens is 744 g/mol. The van der Waals surface area contributed by atoms with E-state index in [0.717, 1.165) is 51.6 Å². The summed E-state index contributed by atoms with van der Waals surface area (Å²) in [6.07, 6.45) is 0. The molecule has 0 unspecified atom stereocenters. The number of aromatic nitrogens is 1. The van der Waals surface area contributed by atoms with Crippen molar-refractivity contribution in [3.63, 3.8) is 0 Å². The number of benzene rings is 9. The van der Waals surface area contributed by atoms with Crippen molar-refractivity contribution >= 4 is 153 Å². The SMILES string of the molecule is B1c2cc3sc4ccccc4c3cc2N(c2ccc3sc4ccccc4c3c2)c2cc3oc4ccccc4c3c(-c3cccc4c3[nH]c3cc5ccccc5cc34)c21. The second-order valence-corrected chi connectivity index (χ2v) is 17.9. The molecule has 0 aliphatic carbocycles. The first-order valence-corrected chi connectivity index (χ1v) is 21.4. The highest BCUT2D eigenvalue weighted by molar-refractivity contribution is 7.26. The van der Waals surface area contributed by atoms with E-state index in [0.29, 0.717) is 0 Å². The van der Waals surface area contributed by atoms with Gasteiger partial charge in [0.15, 0.2) is 7.28 Å². The highest BCUT2D eigenvalue weighted by Gasteiger charge is 2.32. The highest BCUT2D eigenvalue weighted by atomic mass is 32.1. The number of hydrogen-bond acceptors (Lipinski definition) is 4. The lowest BCUT2D eigenvalue weighted by molar-refractivity contribution is 0.669. The number of nitrogens with one attached hydrogen (secondary N) is 1. The number of nitrogens with zero attached hydrogens (tertiary/aromatic N) is 1. The predicted molar refractivity (Wildman–Crippen MR) is 253 cm³/mol. The number of furan rings is 1. The van der Waals surface area contributed by atoms with Gasteiger partial charge < -0.3 is 14.3 Å². The van der Waals surface area contributed by atoms with Gasteiger partial charge in [-0.3, -0.25) is 0 Å². The average Bonchev–Trinajstić information content (AvgIpc) is 4.03. The summed E-state index contributed by atoms with van der Waals surface area (Å²) in [6.45, 7) is 0. The zero-order chi connectivity index (χ0) is 37.6. The molecule has 1 aliphatic rings. The molecule has 13 aromatic rings. The van der Waals surface area contributed by atoms with Crippen molar-refractivity contribution in [3.05, 3.63) is 164 Å². The average molecular weight is 773 g/mol. The van der Waals surface area contributed by atoms with Gasteiger partial charge in [-0.2, -0.15) is 0 Å². The monoisotopic (exact) mass is 772 g/mol. The van der Waals surface area contributed by atoms with Gasteiger partial charge in [0.2, 0.25) is 0 Å². The molecule has 0 radical (unpaired) electrons. The summed E-state index contributed by atoms with van der Waals surface area (Å²) in [5.74, 6) is 0. The van der Waals surface area contributed by atoms with Crippen molar-refractivity contribution in [2.24, 2.45) is 0 Å².